The number of amides is 1. The van der Waals surface area contributed by atoms with E-state index >= 15 is 0 Å². The van der Waals surface area contributed by atoms with Crippen LogP contribution < -0.4 is 9.64 Å². The highest BCUT2D eigenvalue weighted by molar-refractivity contribution is 5.77. The topological polar surface area (TPSA) is 89.3 Å². The molecule has 0 bridgehead atoms. The summed E-state index contributed by atoms with van der Waals surface area (Å²) in [4.78, 5) is 30.6. The van der Waals surface area contributed by atoms with Gasteiger partial charge in [0.1, 0.15) is 12.3 Å². The second kappa shape index (κ2) is 10.3. The molecule has 0 saturated carbocycles. The molecule has 1 saturated heterocycles. The maximum atomic E-state index is 13.2. The predicted octanol–water partition coefficient (Wildman–Crippen LogP) is 3.15. The average molecular weight is 470 g/mol. The van der Waals surface area contributed by atoms with Gasteiger partial charge in [0.25, 0.3) is 0 Å². The summed E-state index contributed by atoms with van der Waals surface area (Å²) < 4.78 is 7.25. The summed E-state index contributed by atoms with van der Waals surface area (Å²) in [6.45, 7) is 5.29. The number of hydrogen-bond acceptors (Lipinski definition) is 7. The fourth-order valence-corrected chi connectivity index (χ4v) is 4.08. The first-order valence-corrected chi connectivity index (χ1v) is 11.7. The van der Waals surface area contributed by atoms with Gasteiger partial charge in [-0.1, -0.05) is 30.3 Å². The second-order valence-corrected chi connectivity index (χ2v) is 8.16. The van der Waals surface area contributed by atoms with Crippen LogP contribution >= 0.6 is 0 Å². The van der Waals surface area contributed by atoms with Crippen LogP contribution in [-0.2, 0) is 11.3 Å². The molecule has 9 nitrogen and oxygen atoms in total. The van der Waals surface area contributed by atoms with Crippen LogP contribution in [0.3, 0.4) is 0 Å². The van der Waals surface area contributed by atoms with E-state index in [2.05, 4.69) is 14.9 Å². The Morgan fingerprint density at radius 2 is 1.60 bits per heavy atom. The molecule has 1 aliphatic rings. The lowest BCUT2D eigenvalue weighted by Gasteiger charge is -2.34. The van der Waals surface area contributed by atoms with E-state index in [1.165, 1.54) is 0 Å². The second-order valence-electron chi connectivity index (χ2n) is 8.16. The molecule has 2 aromatic heterocycles. The van der Waals surface area contributed by atoms with Gasteiger partial charge in [-0.3, -0.25) is 4.79 Å². The first-order valence-electron chi connectivity index (χ1n) is 11.7. The number of piperazine rings is 1. The van der Waals surface area contributed by atoms with Crippen LogP contribution in [0.15, 0.2) is 73.1 Å². The molecule has 0 radical (unpaired) electrons. The van der Waals surface area contributed by atoms with Crippen molar-refractivity contribution in [3.05, 3.63) is 73.1 Å². The zero-order valence-electron chi connectivity index (χ0n) is 19.6. The lowest BCUT2D eigenvalue weighted by molar-refractivity contribution is -0.132. The monoisotopic (exact) mass is 469 g/mol. The maximum absolute atomic E-state index is 13.2. The zero-order chi connectivity index (χ0) is 24.0. The maximum Gasteiger partial charge on any atom is 0.244 e. The Bertz CT molecular complexity index is 1250. The molecule has 1 fully saturated rings. The molecule has 9 heteroatoms. The Hall–Kier alpha value is -4.27. The fraction of sp³-hybridized carbons (Fsp3) is 0.269. The molecule has 0 aliphatic carbocycles. The number of hydrogen-bond donors (Lipinski definition) is 0. The van der Waals surface area contributed by atoms with E-state index in [4.69, 9.17) is 14.8 Å². The highest BCUT2D eigenvalue weighted by Gasteiger charge is 2.24. The number of rotatable bonds is 7. The molecular weight excluding hydrogens is 442 g/mol. The molecule has 0 spiro atoms. The third-order valence-corrected chi connectivity index (χ3v) is 5.88. The van der Waals surface area contributed by atoms with E-state index < -0.39 is 0 Å². The summed E-state index contributed by atoms with van der Waals surface area (Å²) in [7, 11) is 0. The molecule has 178 valence electrons. The Balaban J connectivity index is 1.34. The standard InChI is InChI=1S/C26H27N7O2/c1-2-35-22-11-9-20(10-12-22)24-29-25(21-7-4-3-5-8-21)33(30-24)19-23(34)31-15-17-32(18-16-31)26-27-13-6-14-28-26/h3-14H,2,15-19H2,1H3. The van der Waals surface area contributed by atoms with Crippen molar-refractivity contribution in [2.75, 3.05) is 37.7 Å². The fourth-order valence-electron chi connectivity index (χ4n) is 4.08. The van der Waals surface area contributed by atoms with Crippen LogP contribution in [-0.4, -0.2) is 68.3 Å². The minimum atomic E-state index is 0.0129. The molecule has 1 amide bonds. The summed E-state index contributed by atoms with van der Waals surface area (Å²) in [5.41, 5.74) is 1.78. The SMILES string of the molecule is CCOc1ccc(-c2nc(-c3ccccc3)n(CC(=O)N3CCN(c4ncccn4)CC3)n2)cc1. The number of anilines is 1. The molecule has 2 aromatic carbocycles. The van der Waals surface area contributed by atoms with Gasteiger partial charge in [-0.15, -0.1) is 5.10 Å². The van der Waals surface area contributed by atoms with Crippen molar-refractivity contribution in [3.8, 4) is 28.5 Å². The van der Waals surface area contributed by atoms with E-state index in [0.29, 0.717) is 50.4 Å². The van der Waals surface area contributed by atoms with E-state index in [1.54, 1.807) is 23.1 Å². The first-order chi connectivity index (χ1) is 17.2. The quantitative estimate of drug-likeness (QED) is 0.411. The molecule has 5 rings (SSSR count). The van der Waals surface area contributed by atoms with Crippen molar-refractivity contribution in [1.82, 2.24) is 29.6 Å². The highest BCUT2D eigenvalue weighted by atomic mass is 16.5. The van der Waals surface area contributed by atoms with Crippen LogP contribution in [0.1, 0.15) is 6.92 Å². The first kappa shape index (κ1) is 22.5. The molecule has 3 heterocycles. The molecule has 1 aliphatic heterocycles. The van der Waals surface area contributed by atoms with Crippen LogP contribution in [0.4, 0.5) is 5.95 Å². The largest absolute Gasteiger partial charge is 0.494 e. The van der Waals surface area contributed by atoms with Gasteiger partial charge < -0.3 is 14.5 Å². The summed E-state index contributed by atoms with van der Waals surface area (Å²) in [5.74, 6) is 2.75. The summed E-state index contributed by atoms with van der Waals surface area (Å²) >= 11 is 0. The van der Waals surface area contributed by atoms with Gasteiger partial charge in [0.2, 0.25) is 11.9 Å². The summed E-state index contributed by atoms with van der Waals surface area (Å²) in [6, 6.07) is 19.3. The number of carbonyl (C=O) groups is 1. The summed E-state index contributed by atoms with van der Waals surface area (Å²) in [5, 5.41) is 4.72. The van der Waals surface area contributed by atoms with Gasteiger partial charge in [-0.05, 0) is 37.3 Å². The Kier molecular flexibility index (Phi) is 6.65. The number of carbonyl (C=O) groups excluding carboxylic acids is 1. The Labute approximate surface area is 204 Å². The number of aromatic nitrogens is 5. The van der Waals surface area contributed by atoms with Gasteiger partial charge in [0.15, 0.2) is 11.6 Å². The molecule has 35 heavy (non-hydrogen) atoms. The molecule has 0 unspecified atom stereocenters. The molecule has 4 aromatic rings. The van der Waals surface area contributed by atoms with Crippen molar-refractivity contribution in [3.63, 3.8) is 0 Å². The van der Waals surface area contributed by atoms with Crippen LogP contribution in [0.2, 0.25) is 0 Å². The number of nitrogens with zero attached hydrogens (tertiary/aromatic N) is 7. The smallest absolute Gasteiger partial charge is 0.244 e. The van der Waals surface area contributed by atoms with E-state index in [-0.39, 0.29) is 12.5 Å². The Morgan fingerprint density at radius 3 is 2.29 bits per heavy atom. The van der Waals surface area contributed by atoms with Crippen LogP contribution in [0.5, 0.6) is 5.75 Å². The highest BCUT2D eigenvalue weighted by Crippen LogP contribution is 2.24. The predicted molar refractivity (Wildman–Crippen MR) is 133 cm³/mol. The van der Waals surface area contributed by atoms with E-state index in [9.17, 15) is 4.79 Å². The third-order valence-electron chi connectivity index (χ3n) is 5.88. The average Bonchev–Trinajstić information content (AvgIpc) is 3.34. The third kappa shape index (κ3) is 5.13. The lowest BCUT2D eigenvalue weighted by Crippen LogP contribution is -2.50. The molecule has 0 N–H and O–H groups in total. The van der Waals surface area contributed by atoms with Crippen molar-refractivity contribution in [2.45, 2.75) is 13.5 Å². The van der Waals surface area contributed by atoms with Crippen molar-refractivity contribution in [1.29, 1.82) is 0 Å². The number of benzene rings is 2. The zero-order valence-corrected chi connectivity index (χ0v) is 19.6. The molecular formula is C26H27N7O2. The van der Waals surface area contributed by atoms with Gasteiger partial charge in [-0.2, -0.15) is 0 Å². The summed E-state index contributed by atoms with van der Waals surface area (Å²) in [6.07, 6.45) is 3.47. The van der Waals surface area contributed by atoms with E-state index in [1.807, 2.05) is 66.4 Å². The minimum Gasteiger partial charge on any atom is -0.494 e. The minimum absolute atomic E-state index is 0.0129. The van der Waals surface area contributed by atoms with Crippen molar-refractivity contribution >= 4 is 11.9 Å². The van der Waals surface area contributed by atoms with Gasteiger partial charge in [0.05, 0.1) is 6.61 Å². The Morgan fingerprint density at radius 1 is 0.886 bits per heavy atom. The molecule has 0 atom stereocenters. The van der Waals surface area contributed by atoms with Gasteiger partial charge in [0, 0.05) is 49.7 Å². The van der Waals surface area contributed by atoms with Gasteiger partial charge in [-0.25, -0.2) is 19.6 Å². The van der Waals surface area contributed by atoms with Crippen molar-refractivity contribution in [2.24, 2.45) is 0 Å². The number of ether oxygens (including phenoxy) is 1. The van der Waals surface area contributed by atoms with Gasteiger partial charge >= 0.3 is 0 Å². The lowest BCUT2D eigenvalue weighted by atomic mass is 10.2. The normalized spacial score (nSPS) is 13.6. The van der Waals surface area contributed by atoms with Crippen LogP contribution in [0.25, 0.3) is 22.8 Å². The van der Waals surface area contributed by atoms with Crippen molar-refractivity contribution < 1.29 is 9.53 Å². The van der Waals surface area contributed by atoms with Crippen LogP contribution in [0, 0.1) is 0 Å². The van der Waals surface area contributed by atoms with E-state index in [0.717, 1.165) is 16.9 Å².